The van der Waals surface area contributed by atoms with E-state index in [0.29, 0.717) is 23.2 Å². The highest BCUT2D eigenvalue weighted by Crippen LogP contribution is 2.11. The molecule has 2 N–H and O–H groups in total. The van der Waals surface area contributed by atoms with Gasteiger partial charge in [-0.15, -0.1) is 6.58 Å². The molecule has 0 saturated heterocycles. The minimum Gasteiger partial charge on any atom is -0.348 e. The Labute approximate surface area is 150 Å². The predicted octanol–water partition coefficient (Wildman–Crippen LogP) is 1.76. The number of aryl methyl sites for hydroxylation is 2. The molecule has 0 fully saturated rings. The molecule has 3 aromatic heterocycles. The van der Waals surface area contributed by atoms with E-state index < -0.39 is 5.91 Å². The van der Waals surface area contributed by atoms with Crippen molar-refractivity contribution in [1.82, 2.24) is 19.3 Å². The van der Waals surface area contributed by atoms with Crippen LogP contribution in [-0.2, 0) is 6.54 Å². The third-order valence-electron chi connectivity index (χ3n) is 4.15. The minimum atomic E-state index is -0.407. The molecule has 0 saturated carbocycles. The van der Waals surface area contributed by atoms with Crippen LogP contribution in [0.2, 0.25) is 0 Å². The summed E-state index contributed by atoms with van der Waals surface area (Å²) in [6, 6.07) is 5.13. The van der Waals surface area contributed by atoms with E-state index in [1.807, 2.05) is 19.9 Å². The fourth-order valence-electron chi connectivity index (χ4n) is 2.92. The third kappa shape index (κ3) is 2.92. The van der Waals surface area contributed by atoms with Crippen molar-refractivity contribution in [2.45, 2.75) is 26.8 Å². The number of hydrogen-bond acceptors (Lipinski definition) is 4. The number of fused-ring (bicyclic) bond motifs is 2. The van der Waals surface area contributed by atoms with Crippen molar-refractivity contribution in [1.29, 1.82) is 5.41 Å². The van der Waals surface area contributed by atoms with Gasteiger partial charge in [0.15, 0.2) is 0 Å². The van der Waals surface area contributed by atoms with Crippen LogP contribution in [0.4, 0.5) is 0 Å². The minimum absolute atomic E-state index is 0.0456. The Balaban J connectivity index is 2.40. The zero-order chi connectivity index (χ0) is 18.8. The molecule has 0 aromatic carbocycles. The van der Waals surface area contributed by atoms with Crippen molar-refractivity contribution in [3.63, 3.8) is 0 Å². The Morgan fingerprint density at radius 3 is 2.88 bits per heavy atom. The quantitative estimate of drug-likeness (QED) is 0.542. The summed E-state index contributed by atoms with van der Waals surface area (Å²) in [4.78, 5) is 30.0. The fourth-order valence-corrected chi connectivity index (χ4v) is 2.92. The number of carbonyl (C=O) groups excluding carboxylic acids is 1. The van der Waals surface area contributed by atoms with Crippen LogP contribution in [0.15, 0.2) is 41.8 Å². The lowest BCUT2D eigenvalue weighted by Crippen LogP contribution is -2.35. The van der Waals surface area contributed by atoms with E-state index in [9.17, 15) is 9.59 Å². The lowest BCUT2D eigenvalue weighted by atomic mass is 10.2. The van der Waals surface area contributed by atoms with Crippen molar-refractivity contribution in [2.75, 3.05) is 6.54 Å². The second kappa shape index (κ2) is 6.95. The molecule has 26 heavy (non-hydrogen) atoms. The number of hydrogen-bond donors (Lipinski definition) is 2. The summed E-state index contributed by atoms with van der Waals surface area (Å²) in [6.45, 7) is 8.22. The Bertz CT molecular complexity index is 1140. The monoisotopic (exact) mass is 351 g/mol. The van der Waals surface area contributed by atoms with Crippen LogP contribution < -0.4 is 16.4 Å². The van der Waals surface area contributed by atoms with Gasteiger partial charge in [-0.2, -0.15) is 0 Å². The van der Waals surface area contributed by atoms with Crippen LogP contribution in [-0.4, -0.2) is 26.4 Å². The number of amides is 1. The molecule has 0 aliphatic heterocycles. The summed E-state index contributed by atoms with van der Waals surface area (Å²) in [5, 5.41) is 11.4. The average Bonchev–Trinajstić information content (AvgIpc) is 2.63. The van der Waals surface area contributed by atoms with E-state index >= 15 is 0 Å². The van der Waals surface area contributed by atoms with Gasteiger partial charge in [0.2, 0.25) is 0 Å². The van der Waals surface area contributed by atoms with Gasteiger partial charge < -0.3 is 9.88 Å². The number of nitrogens with one attached hydrogen (secondary N) is 2. The maximum Gasteiger partial charge on any atom is 0.267 e. The average molecular weight is 351 g/mol. The molecule has 0 spiro atoms. The van der Waals surface area contributed by atoms with Gasteiger partial charge in [0.05, 0.1) is 10.9 Å². The second-order valence-corrected chi connectivity index (χ2v) is 6.15. The first-order valence-electron chi connectivity index (χ1n) is 8.48. The van der Waals surface area contributed by atoms with Crippen LogP contribution >= 0.6 is 0 Å². The van der Waals surface area contributed by atoms with Gasteiger partial charge in [0.1, 0.15) is 16.8 Å². The van der Waals surface area contributed by atoms with E-state index in [1.54, 1.807) is 22.9 Å². The van der Waals surface area contributed by atoms with E-state index in [4.69, 9.17) is 5.41 Å². The highest BCUT2D eigenvalue weighted by molar-refractivity contribution is 5.96. The molecule has 0 aliphatic rings. The third-order valence-corrected chi connectivity index (χ3v) is 4.15. The highest BCUT2D eigenvalue weighted by atomic mass is 16.1. The molecule has 0 aliphatic carbocycles. The SMILES string of the molecule is C=CCNC(=O)c1cc2c(=O)n3cc(C)ccc3nc2n(CCC)c1=N. The maximum absolute atomic E-state index is 13.0. The van der Waals surface area contributed by atoms with Crippen molar-refractivity contribution in [3.05, 3.63) is 64.0 Å². The van der Waals surface area contributed by atoms with Gasteiger partial charge in [0.25, 0.3) is 11.5 Å². The van der Waals surface area contributed by atoms with Crippen molar-refractivity contribution in [3.8, 4) is 0 Å². The number of aromatic nitrogens is 3. The van der Waals surface area contributed by atoms with Crippen molar-refractivity contribution in [2.24, 2.45) is 0 Å². The molecule has 3 aromatic rings. The molecule has 0 atom stereocenters. The number of carbonyl (C=O) groups is 1. The molecule has 7 heteroatoms. The van der Waals surface area contributed by atoms with Crippen LogP contribution in [0.5, 0.6) is 0 Å². The zero-order valence-electron chi connectivity index (χ0n) is 14.9. The first-order valence-corrected chi connectivity index (χ1v) is 8.48. The van der Waals surface area contributed by atoms with Gasteiger partial charge in [-0.3, -0.25) is 19.4 Å². The van der Waals surface area contributed by atoms with E-state index in [-0.39, 0.29) is 23.2 Å². The molecule has 3 heterocycles. The first-order chi connectivity index (χ1) is 12.5. The lowest BCUT2D eigenvalue weighted by Gasteiger charge is -2.14. The summed E-state index contributed by atoms with van der Waals surface area (Å²) in [5.74, 6) is -0.407. The molecular formula is C19H21N5O2. The topological polar surface area (TPSA) is 92.2 Å². The van der Waals surface area contributed by atoms with E-state index in [0.717, 1.165) is 12.0 Å². The van der Waals surface area contributed by atoms with Crippen LogP contribution in [0.25, 0.3) is 16.7 Å². The second-order valence-electron chi connectivity index (χ2n) is 6.15. The normalized spacial score (nSPS) is 11.0. The number of pyridine rings is 2. The largest absolute Gasteiger partial charge is 0.348 e. The Hall–Kier alpha value is -3.22. The van der Waals surface area contributed by atoms with Gasteiger partial charge in [-0.05, 0) is 31.0 Å². The summed E-state index contributed by atoms with van der Waals surface area (Å²) >= 11 is 0. The Morgan fingerprint density at radius 2 is 2.19 bits per heavy atom. The standard InChI is InChI=1S/C19H21N5O2/c1-4-8-21-18(25)13-10-14-17(23(9-5-2)16(13)20)22-15-7-6-12(3)11-24(15)19(14)26/h4,6-7,10-11,20H,1,5,8-9H2,2-3H3,(H,21,25). The molecular weight excluding hydrogens is 330 g/mol. The Morgan fingerprint density at radius 1 is 1.42 bits per heavy atom. The van der Waals surface area contributed by atoms with E-state index in [2.05, 4.69) is 16.9 Å². The lowest BCUT2D eigenvalue weighted by molar-refractivity contribution is 0.0955. The van der Waals surface area contributed by atoms with Gasteiger partial charge in [0, 0.05) is 19.3 Å². The molecule has 0 radical (unpaired) electrons. The van der Waals surface area contributed by atoms with E-state index in [1.165, 1.54) is 10.5 Å². The zero-order valence-corrected chi connectivity index (χ0v) is 14.9. The fraction of sp³-hybridized carbons (Fsp3) is 0.263. The molecule has 1 amide bonds. The summed E-state index contributed by atoms with van der Waals surface area (Å²) in [6.07, 6.45) is 4.04. The van der Waals surface area contributed by atoms with Gasteiger partial charge in [-0.25, -0.2) is 4.98 Å². The molecule has 7 nitrogen and oxygen atoms in total. The number of rotatable bonds is 5. The van der Waals surface area contributed by atoms with Crippen molar-refractivity contribution >= 4 is 22.6 Å². The molecule has 0 bridgehead atoms. The summed E-state index contributed by atoms with van der Waals surface area (Å²) in [7, 11) is 0. The van der Waals surface area contributed by atoms with Crippen LogP contribution in [0, 0.1) is 12.3 Å². The highest BCUT2D eigenvalue weighted by Gasteiger charge is 2.16. The van der Waals surface area contributed by atoms with Crippen LogP contribution in [0.3, 0.4) is 0 Å². The smallest absolute Gasteiger partial charge is 0.267 e. The van der Waals surface area contributed by atoms with Crippen molar-refractivity contribution < 1.29 is 4.79 Å². The summed E-state index contributed by atoms with van der Waals surface area (Å²) < 4.78 is 3.10. The first kappa shape index (κ1) is 17.6. The number of nitrogens with zero attached hydrogens (tertiary/aromatic N) is 3. The molecule has 3 rings (SSSR count). The predicted molar refractivity (Wildman–Crippen MR) is 100 cm³/mol. The molecule has 0 unspecified atom stereocenters. The van der Waals surface area contributed by atoms with Gasteiger partial charge in [-0.1, -0.05) is 19.1 Å². The van der Waals surface area contributed by atoms with Crippen LogP contribution in [0.1, 0.15) is 29.3 Å². The maximum atomic E-state index is 13.0. The molecule has 134 valence electrons. The van der Waals surface area contributed by atoms with Gasteiger partial charge >= 0.3 is 0 Å². The summed E-state index contributed by atoms with van der Waals surface area (Å²) in [5.41, 5.74) is 1.82. The Kier molecular flexibility index (Phi) is 4.71.